The topological polar surface area (TPSA) is 97.4 Å². The van der Waals surface area contributed by atoms with Gasteiger partial charge in [-0.2, -0.15) is 0 Å². The molecule has 0 amide bonds. The van der Waals surface area contributed by atoms with E-state index in [9.17, 15) is 14.4 Å². The van der Waals surface area contributed by atoms with Gasteiger partial charge < -0.3 is 23.7 Å². The van der Waals surface area contributed by atoms with E-state index in [4.69, 9.17) is 18.9 Å². The minimum atomic E-state index is -0.854. The number of carbonyl (C=O) groups is 3. The molecule has 1 saturated heterocycles. The molecule has 1 heterocycles. The van der Waals surface area contributed by atoms with Gasteiger partial charge in [0.1, 0.15) is 12.2 Å². The molecule has 0 bridgehead atoms. The van der Waals surface area contributed by atoms with E-state index in [1.54, 1.807) is 6.92 Å². The molecule has 1 fully saturated rings. The molecule has 0 unspecified atom stereocenters. The van der Waals surface area contributed by atoms with Crippen LogP contribution in [0.2, 0.25) is 0 Å². The van der Waals surface area contributed by atoms with E-state index < -0.39 is 48.4 Å². The number of hydrogen-bond donors (Lipinski definition) is 0. The van der Waals surface area contributed by atoms with Crippen molar-refractivity contribution in [3.05, 3.63) is 12.2 Å². The molecule has 8 heteroatoms. The quantitative estimate of drug-likeness (QED) is 0.410. The van der Waals surface area contributed by atoms with E-state index in [0.717, 1.165) is 0 Å². The van der Waals surface area contributed by atoms with Crippen molar-refractivity contribution in [2.75, 3.05) is 14.2 Å². The summed E-state index contributed by atoms with van der Waals surface area (Å²) in [5.41, 5.74) is 0. The van der Waals surface area contributed by atoms with Crippen molar-refractivity contribution in [1.82, 2.24) is 0 Å². The third-order valence-electron chi connectivity index (χ3n) is 3.38. The van der Waals surface area contributed by atoms with Crippen LogP contribution in [0.3, 0.4) is 0 Å². The molecule has 1 aliphatic rings. The molecule has 23 heavy (non-hydrogen) atoms. The fraction of sp³-hybridized carbons (Fsp3) is 0.667. The first-order valence-electron chi connectivity index (χ1n) is 7.09. The Morgan fingerprint density at radius 3 is 2.04 bits per heavy atom. The Labute approximate surface area is 134 Å². The third kappa shape index (κ3) is 5.33. The Hall–Kier alpha value is -1.93. The molecule has 130 valence electrons. The van der Waals surface area contributed by atoms with Crippen molar-refractivity contribution in [3.63, 3.8) is 0 Å². The Bertz CT molecular complexity index is 472. The van der Waals surface area contributed by atoms with Gasteiger partial charge in [0, 0.05) is 33.0 Å². The maximum Gasteiger partial charge on any atom is 0.330 e. The molecule has 0 spiro atoms. The van der Waals surface area contributed by atoms with Crippen LogP contribution in [-0.2, 0) is 38.1 Å². The maximum absolute atomic E-state index is 11.3. The van der Waals surface area contributed by atoms with Crippen molar-refractivity contribution >= 4 is 17.9 Å². The molecular formula is C15H22O8. The summed E-state index contributed by atoms with van der Waals surface area (Å²) in [5.74, 6) is -2.00. The standard InChI is InChI=1S/C15H22O8/c1-8-13(21-9(2)16)11(6-7-12(18)19-4)23-15(20-5)14(8)22-10(3)17/h6-8,11,13-15H,1-5H3/b7-6+/t8-,11-,13-,14+,15+/m0/s1. The fourth-order valence-corrected chi connectivity index (χ4v) is 2.35. The Balaban J connectivity index is 3.04. The molecule has 5 atom stereocenters. The summed E-state index contributed by atoms with van der Waals surface area (Å²) in [6, 6.07) is 0. The lowest BCUT2D eigenvalue weighted by atomic mass is 9.90. The number of hydrogen-bond acceptors (Lipinski definition) is 8. The molecular weight excluding hydrogens is 308 g/mol. The van der Waals surface area contributed by atoms with Gasteiger partial charge in [-0.3, -0.25) is 9.59 Å². The van der Waals surface area contributed by atoms with Gasteiger partial charge >= 0.3 is 17.9 Å². The van der Waals surface area contributed by atoms with Crippen molar-refractivity contribution in [2.24, 2.45) is 5.92 Å². The number of esters is 3. The van der Waals surface area contributed by atoms with Crippen molar-refractivity contribution in [1.29, 1.82) is 0 Å². The average molecular weight is 330 g/mol. The molecule has 1 aliphatic heterocycles. The largest absolute Gasteiger partial charge is 0.466 e. The summed E-state index contributed by atoms with van der Waals surface area (Å²) in [4.78, 5) is 33.9. The summed E-state index contributed by atoms with van der Waals surface area (Å²) in [5, 5.41) is 0. The zero-order chi connectivity index (χ0) is 17.6. The van der Waals surface area contributed by atoms with Gasteiger partial charge in [0.15, 0.2) is 12.4 Å². The van der Waals surface area contributed by atoms with Crippen molar-refractivity contribution in [2.45, 2.75) is 45.4 Å². The first-order chi connectivity index (χ1) is 10.8. The summed E-state index contributed by atoms with van der Waals surface area (Å²) in [6.07, 6.45) is -0.495. The SMILES string of the molecule is COC(=O)/C=C/[C@@H]1O[C@@H](OC)[C@H](OC(C)=O)[C@@H](C)[C@@H]1OC(C)=O. The molecule has 0 aromatic rings. The highest BCUT2D eigenvalue weighted by Crippen LogP contribution is 2.31. The Morgan fingerprint density at radius 2 is 1.57 bits per heavy atom. The first-order valence-corrected chi connectivity index (χ1v) is 7.09. The highest BCUT2D eigenvalue weighted by atomic mass is 16.7. The molecule has 1 rings (SSSR count). The molecule has 8 nitrogen and oxygen atoms in total. The van der Waals surface area contributed by atoms with Gasteiger partial charge in [0.2, 0.25) is 0 Å². The van der Waals surface area contributed by atoms with E-state index in [0.29, 0.717) is 0 Å². The predicted molar refractivity (Wildman–Crippen MR) is 77.1 cm³/mol. The van der Waals surface area contributed by atoms with Crippen molar-refractivity contribution < 1.29 is 38.1 Å². The minimum absolute atomic E-state index is 0.409. The molecule has 0 N–H and O–H groups in total. The van der Waals surface area contributed by atoms with Crippen molar-refractivity contribution in [3.8, 4) is 0 Å². The third-order valence-corrected chi connectivity index (χ3v) is 3.38. The highest BCUT2D eigenvalue weighted by molar-refractivity contribution is 5.81. The second kappa shape index (κ2) is 8.64. The molecule has 0 aliphatic carbocycles. The summed E-state index contributed by atoms with van der Waals surface area (Å²) >= 11 is 0. The van der Waals surface area contributed by atoms with Gasteiger partial charge in [-0.05, 0) is 6.08 Å². The Kier molecular flexibility index (Phi) is 7.18. The van der Waals surface area contributed by atoms with Gasteiger partial charge in [0.25, 0.3) is 0 Å². The van der Waals surface area contributed by atoms with Crippen LogP contribution < -0.4 is 0 Å². The van der Waals surface area contributed by atoms with Crippen LogP contribution >= 0.6 is 0 Å². The van der Waals surface area contributed by atoms with Gasteiger partial charge in [-0.15, -0.1) is 0 Å². The number of ether oxygens (including phenoxy) is 5. The first kappa shape index (κ1) is 19.1. The highest BCUT2D eigenvalue weighted by Gasteiger charge is 2.46. The molecule has 0 saturated carbocycles. The number of rotatable bonds is 5. The van der Waals surface area contributed by atoms with E-state index in [1.165, 1.54) is 40.2 Å². The van der Waals surface area contributed by atoms with Crippen LogP contribution in [0, 0.1) is 5.92 Å². The van der Waals surface area contributed by atoms with Crippen LogP contribution in [0.4, 0.5) is 0 Å². The summed E-state index contributed by atoms with van der Waals surface area (Å²) in [7, 11) is 2.65. The van der Waals surface area contributed by atoms with E-state index in [2.05, 4.69) is 4.74 Å². The van der Waals surface area contributed by atoms with Crippen LogP contribution in [0.5, 0.6) is 0 Å². The van der Waals surface area contributed by atoms with Crippen LogP contribution in [0.15, 0.2) is 12.2 Å². The number of carbonyl (C=O) groups excluding carboxylic acids is 3. The zero-order valence-electron chi connectivity index (χ0n) is 13.8. The van der Waals surface area contributed by atoms with E-state index >= 15 is 0 Å². The molecule has 0 radical (unpaired) electrons. The normalized spacial score (nSPS) is 30.7. The van der Waals surface area contributed by atoms with Gasteiger partial charge in [0.05, 0.1) is 7.11 Å². The van der Waals surface area contributed by atoms with Crippen LogP contribution in [0.25, 0.3) is 0 Å². The van der Waals surface area contributed by atoms with E-state index in [1.807, 2.05) is 0 Å². The monoisotopic (exact) mass is 330 g/mol. The average Bonchev–Trinajstić information content (AvgIpc) is 2.49. The minimum Gasteiger partial charge on any atom is -0.466 e. The predicted octanol–water partition coefficient (Wildman–Crippen LogP) is 0.586. The summed E-state index contributed by atoms with van der Waals surface area (Å²) in [6.45, 7) is 4.27. The Morgan fingerprint density at radius 1 is 1.00 bits per heavy atom. The fourth-order valence-electron chi connectivity index (χ4n) is 2.35. The maximum atomic E-state index is 11.3. The number of methoxy groups -OCH3 is 2. The lowest BCUT2D eigenvalue weighted by Gasteiger charge is -2.42. The zero-order valence-corrected chi connectivity index (χ0v) is 13.8. The second-order valence-electron chi connectivity index (χ2n) is 5.09. The smallest absolute Gasteiger partial charge is 0.330 e. The van der Waals surface area contributed by atoms with Crippen LogP contribution in [-0.4, -0.2) is 56.7 Å². The lowest BCUT2D eigenvalue weighted by molar-refractivity contribution is -0.272. The lowest BCUT2D eigenvalue weighted by Crippen LogP contribution is -2.55. The van der Waals surface area contributed by atoms with E-state index in [-0.39, 0.29) is 0 Å². The molecule has 0 aromatic heterocycles. The molecule has 0 aromatic carbocycles. The van der Waals surface area contributed by atoms with Gasteiger partial charge in [-0.1, -0.05) is 6.92 Å². The van der Waals surface area contributed by atoms with Gasteiger partial charge in [-0.25, -0.2) is 4.79 Å². The summed E-state index contributed by atoms with van der Waals surface area (Å²) < 4.78 is 25.9. The second-order valence-corrected chi connectivity index (χ2v) is 5.09. The van der Waals surface area contributed by atoms with Crippen LogP contribution in [0.1, 0.15) is 20.8 Å².